The third-order valence-electron chi connectivity index (χ3n) is 4.69. The van der Waals surface area contributed by atoms with Crippen molar-refractivity contribution in [3.8, 4) is 0 Å². The van der Waals surface area contributed by atoms with Gasteiger partial charge in [0.1, 0.15) is 6.04 Å². The summed E-state index contributed by atoms with van der Waals surface area (Å²) >= 11 is 0. The second kappa shape index (κ2) is 6.02. The average molecular weight is 331 g/mol. The Kier molecular flexibility index (Phi) is 3.69. The molecule has 0 radical (unpaired) electrons. The van der Waals surface area contributed by atoms with Crippen LogP contribution >= 0.6 is 0 Å². The van der Waals surface area contributed by atoms with Gasteiger partial charge in [-0.15, -0.1) is 0 Å². The van der Waals surface area contributed by atoms with E-state index >= 15 is 0 Å². The van der Waals surface area contributed by atoms with E-state index in [4.69, 9.17) is 5.73 Å². The highest BCUT2D eigenvalue weighted by Gasteiger charge is 2.35. The molecule has 0 saturated carbocycles. The lowest BCUT2D eigenvalue weighted by molar-refractivity contribution is -0.123. The van der Waals surface area contributed by atoms with Gasteiger partial charge < -0.3 is 10.6 Å². The number of amides is 2. The van der Waals surface area contributed by atoms with Crippen molar-refractivity contribution in [2.24, 2.45) is 5.73 Å². The first kappa shape index (κ1) is 15.3. The first-order chi connectivity index (χ1) is 12.2. The number of carbonyl (C=O) groups is 2. The molecule has 1 aliphatic heterocycles. The molecule has 4 rings (SSSR count). The summed E-state index contributed by atoms with van der Waals surface area (Å²) in [5.41, 5.74) is 8.82. The molecule has 124 valence electrons. The minimum Gasteiger partial charge on any atom is -0.368 e. The number of pyridine rings is 1. The second-order valence-electron chi connectivity index (χ2n) is 6.13. The molecule has 5 nitrogen and oxygen atoms in total. The molecule has 5 heteroatoms. The van der Waals surface area contributed by atoms with Crippen LogP contribution in [-0.2, 0) is 11.2 Å². The van der Waals surface area contributed by atoms with E-state index in [2.05, 4.69) is 4.98 Å². The number of nitrogens with zero attached hydrogens (tertiary/aromatic N) is 2. The van der Waals surface area contributed by atoms with Crippen LogP contribution in [0.25, 0.3) is 10.9 Å². The summed E-state index contributed by atoms with van der Waals surface area (Å²) in [7, 11) is 0. The fraction of sp³-hybridized carbons (Fsp3) is 0.150. The third-order valence-corrected chi connectivity index (χ3v) is 4.69. The molecule has 2 aromatic carbocycles. The Balaban J connectivity index is 1.80. The summed E-state index contributed by atoms with van der Waals surface area (Å²) in [6.45, 7) is 0.458. The maximum Gasteiger partial charge on any atom is 0.255 e. The van der Waals surface area contributed by atoms with Crippen LogP contribution in [-0.4, -0.2) is 28.2 Å². The van der Waals surface area contributed by atoms with Crippen molar-refractivity contribution in [3.63, 3.8) is 0 Å². The fourth-order valence-corrected chi connectivity index (χ4v) is 3.54. The molecule has 25 heavy (non-hydrogen) atoms. The topological polar surface area (TPSA) is 76.3 Å². The van der Waals surface area contributed by atoms with Gasteiger partial charge in [-0.1, -0.05) is 36.4 Å². The zero-order chi connectivity index (χ0) is 17.4. The summed E-state index contributed by atoms with van der Waals surface area (Å²) < 4.78 is 0. The molecule has 0 spiro atoms. The van der Waals surface area contributed by atoms with Gasteiger partial charge in [0.05, 0.1) is 5.52 Å². The first-order valence-electron chi connectivity index (χ1n) is 8.18. The first-order valence-corrected chi connectivity index (χ1v) is 8.18. The van der Waals surface area contributed by atoms with Crippen LogP contribution in [0.2, 0.25) is 0 Å². The Hall–Kier alpha value is -3.21. The Morgan fingerprint density at radius 2 is 1.88 bits per heavy atom. The van der Waals surface area contributed by atoms with Crippen LogP contribution in [0.1, 0.15) is 27.5 Å². The molecule has 2 N–H and O–H groups in total. The number of fused-ring (bicyclic) bond motifs is 2. The number of carbonyl (C=O) groups excluding carboxylic acids is 2. The van der Waals surface area contributed by atoms with Crippen molar-refractivity contribution < 1.29 is 9.59 Å². The highest BCUT2D eigenvalue weighted by Crippen LogP contribution is 2.31. The molecular weight excluding hydrogens is 314 g/mol. The summed E-state index contributed by atoms with van der Waals surface area (Å²) in [5, 5.41) is 0.775. The van der Waals surface area contributed by atoms with E-state index in [9.17, 15) is 9.59 Å². The molecule has 0 bridgehead atoms. The van der Waals surface area contributed by atoms with Crippen molar-refractivity contribution in [3.05, 3.63) is 77.5 Å². The number of hydrogen-bond acceptors (Lipinski definition) is 3. The van der Waals surface area contributed by atoms with Crippen LogP contribution in [0, 0.1) is 0 Å². The number of primary amides is 1. The summed E-state index contributed by atoms with van der Waals surface area (Å²) in [5.74, 6) is -0.712. The molecule has 1 aliphatic rings. The van der Waals surface area contributed by atoms with Gasteiger partial charge >= 0.3 is 0 Å². The number of nitrogens with two attached hydrogens (primary N) is 1. The quantitative estimate of drug-likeness (QED) is 0.784. The lowest BCUT2D eigenvalue weighted by Crippen LogP contribution is -2.45. The number of rotatable bonds is 2. The zero-order valence-electron chi connectivity index (χ0n) is 13.6. The molecule has 0 fully saturated rings. The normalized spacial score (nSPS) is 16.5. The van der Waals surface area contributed by atoms with E-state index in [0.717, 1.165) is 22.0 Å². The van der Waals surface area contributed by atoms with Crippen LogP contribution in [0.3, 0.4) is 0 Å². The van der Waals surface area contributed by atoms with Crippen molar-refractivity contribution >= 4 is 22.7 Å². The lowest BCUT2D eigenvalue weighted by atomic mass is 9.91. The minimum absolute atomic E-state index is 0.197. The number of hydrogen-bond donors (Lipinski definition) is 1. The van der Waals surface area contributed by atoms with Crippen LogP contribution < -0.4 is 5.73 Å². The van der Waals surface area contributed by atoms with Crippen molar-refractivity contribution in [1.82, 2.24) is 9.88 Å². The molecule has 2 heterocycles. The summed E-state index contributed by atoms with van der Waals surface area (Å²) in [4.78, 5) is 31.2. The van der Waals surface area contributed by atoms with Crippen LogP contribution in [0.5, 0.6) is 0 Å². The third kappa shape index (κ3) is 2.54. The number of benzene rings is 2. The number of aromatic nitrogens is 1. The fourth-order valence-electron chi connectivity index (χ4n) is 3.54. The van der Waals surface area contributed by atoms with E-state index in [1.165, 1.54) is 0 Å². The van der Waals surface area contributed by atoms with Crippen LogP contribution in [0.15, 0.2) is 60.8 Å². The van der Waals surface area contributed by atoms with Crippen LogP contribution in [0.4, 0.5) is 0 Å². The maximum absolute atomic E-state index is 13.2. The van der Waals surface area contributed by atoms with Gasteiger partial charge in [-0.2, -0.15) is 0 Å². The smallest absolute Gasteiger partial charge is 0.255 e. The Bertz CT molecular complexity index is 978. The van der Waals surface area contributed by atoms with E-state index < -0.39 is 11.9 Å². The standard InChI is InChI=1S/C20H17N3O2/c21-19(24)18-14-6-2-1-5-13(14)10-12-23(18)20(25)16-7-3-9-17-15(16)8-4-11-22-17/h1-9,11,18H,10,12H2,(H2,21,24). The Morgan fingerprint density at radius 1 is 1.04 bits per heavy atom. The van der Waals surface area contributed by atoms with Gasteiger partial charge in [-0.3, -0.25) is 14.6 Å². The van der Waals surface area contributed by atoms with Gasteiger partial charge in [0.2, 0.25) is 5.91 Å². The SMILES string of the molecule is NC(=O)C1c2ccccc2CCN1C(=O)c1cccc2ncccc12. The zero-order valence-corrected chi connectivity index (χ0v) is 13.6. The van der Waals surface area contributed by atoms with Crippen molar-refractivity contribution in [2.75, 3.05) is 6.54 Å². The van der Waals surface area contributed by atoms with Gasteiger partial charge in [0.25, 0.3) is 5.91 Å². The van der Waals surface area contributed by atoms with Crippen molar-refractivity contribution in [2.45, 2.75) is 12.5 Å². The molecule has 0 saturated heterocycles. The second-order valence-corrected chi connectivity index (χ2v) is 6.13. The predicted molar refractivity (Wildman–Crippen MR) is 94.9 cm³/mol. The highest BCUT2D eigenvalue weighted by atomic mass is 16.2. The highest BCUT2D eigenvalue weighted by molar-refractivity contribution is 6.07. The van der Waals surface area contributed by atoms with Gasteiger partial charge in [0.15, 0.2) is 0 Å². The summed E-state index contributed by atoms with van der Waals surface area (Å²) in [6, 6.07) is 16.0. The summed E-state index contributed by atoms with van der Waals surface area (Å²) in [6.07, 6.45) is 2.40. The van der Waals surface area contributed by atoms with Gasteiger partial charge in [-0.05, 0) is 35.7 Å². The molecule has 3 aromatic rings. The molecule has 2 amide bonds. The molecule has 1 aromatic heterocycles. The largest absolute Gasteiger partial charge is 0.368 e. The monoisotopic (exact) mass is 331 g/mol. The average Bonchev–Trinajstić information content (AvgIpc) is 2.66. The minimum atomic E-state index is -0.746. The van der Waals surface area contributed by atoms with E-state index in [1.807, 2.05) is 36.4 Å². The van der Waals surface area contributed by atoms with E-state index in [1.54, 1.807) is 29.3 Å². The van der Waals surface area contributed by atoms with Gasteiger partial charge in [-0.25, -0.2) is 0 Å². The molecule has 1 atom stereocenters. The van der Waals surface area contributed by atoms with Crippen molar-refractivity contribution in [1.29, 1.82) is 0 Å². The van der Waals surface area contributed by atoms with E-state index in [0.29, 0.717) is 18.5 Å². The predicted octanol–water partition coefficient (Wildman–Crippen LogP) is 2.46. The Morgan fingerprint density at radius 3 is 2.72 bits per heavy atom. The molecular formula is C20H17N3O2. The Labute approximate surface area is 145 Å². The van der Waals surface area contributed by atoms with Gasteiger partial charge in [0, 0.05) is 23.7 Å². The maximum atomic E-state index is 13.2. The van der Waals surface area contributed by atoms with E-state index in [-0.39, 0.29) is 5.91 Å². The molecule has 1 unspecified atom stereocenters. The molecule has 0 aliphatic carbocycles. The lowest BCUT2D eigenvalue weighted by Gasteiger charge is -2.35.